The largest absolute Gasteiger partial charge is 0.324 e. The summed E-state index contributed by atoms with van der Waals surface area (Å²) in [6.07, 6.45) is 10.5. The molecule has 1 nitrogen and oxygen atoms in total. The minimum absolute atomic E-state index is 0.374. The molecule has 2 aliphatic carbocycles. The fourth-order valence-electron chi connectivity index (χ4n) is 2.41. The maximum absolute atomic E-state index is 5.87. The Morgan fingerprint density at radius 3 is 3.00 bits per heavy atom. The van der Waals surface area contributed by atoms with E-state index in [4.69, 9.17) is 5.73 Å². The normalized spacial score (nSPS) is 37.7. The maximum Gasteiger partial charge on any atom is 0.0226 e. The quantitative estimate of drug-likeness (QED) is 0.528. The molecule has 2 aliphatic rings. The van der Waals surface area contributed by atoms with Gasteiger partial charge in [0.25, 0.3) is 0 Å². The van der Waals surface area contributed by atoms with Crippen LogP contribution >= 0.6 is 0 Å². The molecule has 1 fully saturated rings. The van der Waals surface area contributed by atoms with Gasteiger partial charge >= 0.3 is 0 Å². The second kappa shape index (κ2) is 2.98. The molecular weight excluding hydrogens is 134 g/mol. The molecule has 0 saturated heterocycles. The number of fused-ring (bicyclic) bond motifs is 1. The van der Waals surface area contributed by atoms with Crippen LogP contribution in [0, 0.1) is 5.92 Å². The number of hydrogen-bond acceptors (Lipinski definition) is 1. The van der Waals surface area contributed by atoms with Gasteiger partial charge in [-0.2, -0.15) is 0 Å². The molecule has 0 aromatic carbocycles. The Morgan fingerprint density at radius 2 is 2.09 bits per heavy atom. The molecule has 0 bridgehead atoms. The Bertz CT molecular complexity index is 172. The molecule has 0 aromatic rings. The highest BCUT2D eigenvalue weighted by Crippen LogP contribution is 2.35. The molecule has 2 N–H and O–H groups in total. The van der Waals surface area contributed by atoms with Gasteiger partial charge < -0.3 is 5.73 Å². The average Bonchev–Trinajstić information content (AvgIpc) is 2.04. The monoisotopic (exact) mass is 151 g/mol. The molecule has 11 heavy (non-hydrogen) atoms. The van der Waals surface area contributed by atoms with Crippen molar-refractivity contribution >= 4 is 0 Å². The summed E-state index contributed by atoms with van der Waals surface area (Å²) in [6, 6.07) is 0.374. The summed E-state index contributed by atoms with van der Waals surface area (Å²) in [6.45, 7) is 0. The average molecular weight is 151 g/mol. The van der Waals surface area contributed by atoms with Gasteiger partial charge in [-0.15, -0.1) is 0 Å². The second-order valence-electron chi connectivity index (χ2n) is 3.93. The summed E-state index contributed by atoms with van der Waals surface area (Å²) < 4.78 is 0. The van der Waals surface area contributed by atoms with Crippen LogP contribution in [0.4, 0.5) is 0 Å². The van der Waals surface area contributed by atoms with Crippen molar-refractivity contribution in [2.45, 2.75) is 44.6 Å². The Morgan fingerprint density at radius 1 is 1.18 bits per heavy atom. The summed E-state index contributed by atoms with van der Waals surface area (Å²) in [7, 11) is 0. The first-order chi connectivity index (χ1) is 5.36. The van der Waals surface area contributed by atoms with E-state index in [9.17, 15) is 0 Å². The molecule has 2 atom stereocenters. The van der Waals surface area contributed by atoms with Gasteiger partial charge in [0.05, 0.1) is 0 Å². The van der Waals surface area contributed by atoms with Crippen molar-refractivity contribution < 1.29 is 0 Å². The van der Waals surface area contributed by atoms with Gasteiger partial charge in [0.1, 0.15) is 0 Å². The van der Waals surface area contributed by atoms with E-state index < -0.39 is 0 Å². The number of allylic oxidation sites excluding steroid dienone is 1. The lowest BCUT2D eigenvalue weighted by Gasteiger charge is -2.30. The van der Waals surface area contributed by atoms with Crippen molar-refractivity contribution in [3.05, 3.63) is 11.6 Å². The first-order valence-corrected chi connectivity index (χ1v) is 4.82. The lowest BCUT2D eigenvalue weighted by atomic mass is 9.77. The predicted molar refractivity (Wildman–Crippen MR) is 47.3 cm³/mol. The van der Waals surface area contributed by atoms with Gasteiger partial charge in [-0.25, -0.2) is 0 Å². The standard InChI is InChI=1S/C10H17N/c11-10-6-5-8-3-1-2-4-9(8)7-10/h7-8,10H,1-6,11H2. The molecule has 2 rings (SSSR count). The van der Waals surface area contributed by atoms with E-state index in [1.807, 2.05) is 0 Å². The fourth-order valence-corrected chi connectivity index (χ4v) is 2.41. The van der Waals surface area contributed by atoms with Crippen LogP contribution in [-0.4, -0.2) is 6.04 Å². The zero-order chi connectivity index (χ0) is 7.68. The van der Waals surface area contributed by atoms with Crippen LogP contribution in [0.5, 0.6) is 0 Å². The lowest BCUT2D eigenvalue weighted by Crippen LogP contribution is -2.26. The number of nitrogens with two attached hydrogens (primary N) is 1. The summed E-state index contributed by atoms with van der Waals surface area (Å²) >= 11 is 0. The van der Waals surface area contributed by atoms with E-state index in [0.717, 1.165) is 5.92 Å². The Kier molecular flexibility index (Phi) is 1.99. The van der Waals surface area contributed by atoms with Crippen molar-refractivity contribution in [1.82, 2.24) is 0 Å². The first kappa shape index (κ1) is 7.35. The van der Waals surface area contributed by atoms with Crippen molar-refractivity contribution in [2.75, 3.05) is 0 Å². The molecule has 62 valence electrons. The molecule has 0 radical (unpaired) electrons. The smallest absolute Gasteiger partial charge is 0.0226 e. The van der Waals surface area contributed by atoms with Crippen LogP contribution in [0.15, 0.2) is 11.6 Å². The number of hydrogen-bond donors (Lipinski definition) is 1. The minimum atomic E-state index is 0.374. The van der Waals surface area contributed by atoms with Crippen molar-refractivity contribution in [1.29, 1.82) is 0 Å². The van der Waals surface area contributed by atoms with E-state index in [1.54, 1.807) is 5.57 Å². The minimum Gasteiger partial charge on any atom is -0.324 e. The maximum atomic E-state index is 5.87. The van der Waals surface area contributed by atoms with Crippen molar-refractivity contribution in [3.8, 4) is 0 Å². The van der Waals surface area contributed by atoms with Crippen LogP contribution < -0.4 is 5.73 Å². The van der Waals surface area contributed by atoms with E-state index in [-0.39, 0.29) is 0 Å². The van der Waals surface area contributed by atoms with Crippen molar-refractivity contribution in [3.63, 3.8) is 0 Å². The SMILES string of the molecule is NC1C=C2CCCCC2CC1. The van der Waals surface area contributed by atoms with Crippen molar-refractivity contribution in [2.24, 2.45) is 11.7 Å². The summed E-state index contributed by atoms with van der Waals surface area (Å²) in [5.74, 6) is 0.920. The lowest BCUT2D eigenvalue weighted by molar-refractivity contribution is 0.389. The third-order valence-electron chi connectivity index (χ3n) is 3.07. The third kappa shape index (κ3) is 1.48. The van der Waals surface area contributed by atoms with Gasteiger partial charge in [0.2, 0.25) is 0 Å². The fraction of sp³-hybridized carbons (Fsp3) is 0.800. The van der Waals surface area contributed by atoms with Crippen LogP contribution in [0.1, 0.15) is 38.5 Å². The molecule has 1 saturated carbocycles. The molecule has 0 heterocycles. The Hall–Kier alpha value is -0.300. The highest BCUT2D eigenvalue weighted by molar-refractivity contribution is 5.15. The molecule has 1 heteroatoms. The summed E-state index contributed by atoms with van der Waals surface area (Å²) in [5.41, 5.74) is 7.54. The molecular formula is C10H17N. The van der Waals surface area contributed by atoms with E-state index in [1.165, 1.54) is 38.5 Å². The van der Waals surface area contributed by atoms with Gasteiger partial charge in [-0.1, -0.05) is 18.1 Å². The first-order valence-electron chi connectivity index (χ1n) is 4.82. The van der Waals surface area contributed by atoms with E-state index in [2.05, 4.69) is 6.08 Å². The second-order valence-corrected chi connectivity index (χ2v) is 3.93. The topological polar surface area (TPSA) is 26.0 Å². The molecule has 0 spiro atoms. The van der Waals surface area contributed by atoms with E-state index >= 15 is 0 Å². The predicted octanol–water partition coefficient (Wildman–Crippen LogP) is 2.22. The highest BCUT2D eigenvalue weighted by Gasteiger charge is 2.23. The molecule has 0 aromatic heterocycles. The van der Waals surface area contributed by atoms with Crippen LogP contribution in [0.3, 0.4) is 0 Å². The van der Waals surface area contributed by atoms with Gasteiger partial charge in [0, 0.05) is 6.04 Å². The van der Waals surface area contributed by atoms with Crippen LogP contribution in [0.2, 0.25) is 0 Å². The zero-order valence-electron chi connectivity index (χ0n) is 7.05. The highest BCUT2D eigenvalue weighted by atomic mass is 14.6. The molecule has 0 amide bonds. The molecule has 0 aliphatic heterocycles. The van der Waals surface area contributed by atoms with Gasteiger partial charge in [0.15, 0.2) is 0 Å². The zero-order valence-corrected chi connectivity index (χ0v) is 7.05. The number of rotatable bonds is 0. The van der Waals surface area contributed by atoms with Gasteiger partial charge in [-0.05, 0) is 38.0 Å². The Labute approximate surface area is 68.7 Å². The van der Waals surface area contributed by atoms with E-state index in [0.29, 0.717) is 6.04 Å². The third-order valence-corrected chi connectivity index (χ3v) is 3.07. The summed E-state index contributed by atoms with van der Waals surface area (Å²) in [5, 5.41) is 0. The van der Waals surface area contributed by atoms with Crippen LogP contribution in [0.25, 0.3) is 0 Å². The summed E-state index contributed by atoms with van der Waals surface area (Å²) in [4.78, 5) is 0. The van der Waals surface area contributed by atoms with Crippen LogP contribution in [-0.2, 0) is 0 Å². The van der Waals surface area contributed by atoms with Gasteiger partial charge in [-0.3, -0.25) is 0 Å². The Balaban J connectivity index is 2.10. The molecule has 2 unspecified atom stereocenters.